The highest BCUT2D eigenvalue weighted by molar-refractivity contribution is 6.04. The Morgan fingerprint density at radius 2 is 1.59 bits per heavy atom. The van der Waals surface area contributed by atoms with E-state index in [2.05, 4.69) is 19.2 Å². The Morgan fingerprint density at radius 1 is 0.862 bits per heavy atom. The van der Waals surface area contributed by atoms with Crippen molar-refractivity contribution < 1.29 is 19.1 Å². The van der Waals surface area contributed by atoms with Crippen molar-refractivity contribution >= 4 is 17.6 Å². The summed E-state index contributed by atoms with van der Waals surface area (Å²) >= 11 is 0. The van der Waals surface area contributed by atoms with Gasteiger partial charge in [0.05, 0.1) is 0 Å². The molecule has 0 bridgehead atoms. The smallest absolute Gasteiger partial charge is 0.349 e. The van der Waals surface area contributed by atoms with Gasteiger partial charge >= 0.3 is 5.97 Å². The highest BCUT2D eigenvalue weighted by Gasteiger charge is 2.10. The van der Waals surface area contributed by atoms with E-state index >= 15 is 0 Å². The fraction of sp³-hybridized carbons (Fsp3) is 0.167. The average molecular weight is 389 g/mol. The van der Waals surface area contributed by atoms with Crippen LogP contribution in [0.3, 0.4) is 0 Å². The van der Waals surface area contributed by atoms with E-state index in [-0.39, 0.29) is 12.5 Å². The molecule has 3 aromatic rings. The predicted octanol–water partition coefficient (Wildman–Crippen LogP) is 5.05. The number of carbonyl (C=O) groups is 2. The van der Waals surface area contributed by atoms with Crippen molar-refractivity contribution in [3.8, 4) is 11.5 Å². The van der Waals surface area contributed by atoms with Crippen molar-refractivity contribution in [1.29, 1.82) is 0 Å². The zero-order chi connectivity index (χ0) is 20.6. The first-order chi connectivity index (χ1) is 14.0. The summed E-state index contributed by atoms with van der Waals surface area (Å²) in [6.07, 6.45) is 0. The lowest BCUT2D eigenvalue weighted by Crippen LogP contribution is -2.18. The summed E-state index contributed by atoms with van der Waals surface area (Å²) < 4.78 is 10.8. The lowest BCUT2D eigenvalue weighted by atomic mass is 10.0. The summed E-state index contributed by atoms with van der Waals surface area (Å²) in [5.74, 6) is 0.610. The molecule has 0 aliphatic rings. The number of anilines is 1. The van der Waals surface area contributed by atoms with Crippen molar-refractivity contribution in [3.05, 3.63) is 90.0 Å². The van der Waals surface area contributed by atoms with Crippen LogP contribution in [0.15, 0.2) is 78.9 Å². The van der Waals surface area contributed by atoms with Crippen LogP contribution in [0.2, 0.25) is 0 Å². The Morgan fingerprint density at radius 3 is 2.28 bits per heavy atom. The molecule has 3 rings (SSSR count). The van der Waals surface area contributed by atoms with E-state index in [1.165, 1.54) is 0 Å². The van der Waals surface area contributed by atoms with Crippen molar-refractivity contribution in [2.45, 2.75) is 19.8 Å². The SMILES string of the molecule is CC(C)c1cccc(OCC(=O)Oc2ccc(C(=O)Nc3ccccc3)cc2)c1. The van der Waals surface area contributed by atoms with Crippen LogP contribution in [0, 0.1) is 0 Å². The number of amides is 1. The second-order valence-electron chi connectivity index (χ2n) is 6.83. The van der Waals surface area contributed by atoms with E-state index in [0.29, 0.717) is 28.7 Å². The summed E-state index contributed by atoms with van der Waals surface area (Å²) in [6, 6.07) is 23.2. The highest BCUT2D eigenvalue weighted by Crippen LogP contribution is 2.20. The number of benzene rings is 3. The number of rotatable bonds is 7. The van der Waals surface area contributed by atoms with Gasteiger partial charge in [0.1, 0.15) is 11.5 Å². The third-order valence-corrected chi connectivity index (χ3v) is 4.26. The van der Waals surface area contributed by atoms with E-state index in [9.17, 15) is 9.59 Å². The van der Waals surface area contributed by atoms with Gasteiger partial charge in [0.25, 0.3) is 5.91 Å². The maximum absolute atomic E-state index is 12.2. The summed E-state index contributed by atoms with van der Waals surface area (Å²) in [6.45, 7) is 3.99. The minimum absolute atomic E-state index is 0.197. The molecule has 148 valence electrons. The zero-order valence-corrected chi connectivity index (χ0v) is 16.4. The Bertz CT molecular complexity index is 966. The van der Waals surface area contributed by atoms with Gasteiger partial charge in [-0.25, -0.2) is 4.79 Å². The van der Waals surface area contributed by atoms with E-state index in [1.54, 1.807) is 30.3 Å². The molecule has 0 saturated heterocycles. The summed E-state index contributed by atoms with van der Waals surface area (Å²) in [4.78, 5) is 24.3. The topological polar surface area (TPSA) is 64.6 Å². The van der Waals surface area contributed by atoms with Gasteiger partial charge in [-0.05, 0) is 60.0 Å². The maximum Gasteiger partial charge on any atom is 0.349 e. The summed E-state index contributed by atoms with van der Waals surface area (Å²) in [5.41, 5.74) is 2.32. The highest BCUT2D eigenvalue weighted by atomic mass is 16.6. The van der Waals surface area contributed by atoms with Crippen molar-refractivity contribution in [2.24, 2.45) is 0 Å². The Hall–Kier alpha value is -3.60. The normalized spacial score (nSPS) is 10.4. The first kappa shape index (κ1) is 20.1. The number of carbonyl (C=O) groups excluding carboxylic acids is 2. The fourth-order valence-electron chi connectivity index (χ4n) is 2.67. The lowest BCUT2D eigenvalue weighted by molar-refractivity contribution is -0.136. The summed E-state index contributed by atoms with van der Waals surface area (Å²) in [7, 11) is 0. The van der Waals surface area contributed by atoms with Crippen molar-refractivity contribution in [1.82, 2.24) is 0 Å². The first-order valence-electron chi connectivity index (χ1n) is 9.41. The fourth-order valence-corrected chi connectivity index (χ4v) is 2.67. The monoisotopic (exact) mass is 389 g/mol. The van der Waals surface area contributed by atoms with Crippen molar-refractivity contribution in [3.63, 3.8) is 0 Å². The molecule has 0 radical (unpaired) electrons. The van der Waals surface area contributed by atoms with Crippen LogP contribution in [0.5, 0.6) is 11.5 Å². The molecular weight excluding hydrogens is 366 g/mol. The molecule has 5 nitrogen and oxygen atoms in total. The molecular formula is C24H23NO4. The number of hydrogen-bond donors (Lipinski definition) is 1. The Labute approximate surface area is 170 Å². The number of para-hydroxylation sites is 1. The molecule has 0 unspecified atom stereocenters. The third kappa shape index (κ3) is 5.94. The number of nitrogens with one attached hydrogen (secondary N) is 1. The predicted molar refractivity (Wildman–Crippen MR) is 112 cm³/mol. The van der Waals surface area contributed by atoms with Gasteiger partial charge in [-0.15, -0.1) is 0 Å². The molecule has 1 N–H and O–H groups in total. The second kappa shape index (κ2) is 9.55. The van der Waals surface area contributed by atoms with Gasteiger partial charge in [-0.2, -0.15) is 0 Å². The minimum atomic E-state index is -0.513. The van der Waals surface area contributed by atoms with Gasteiger partial charge in [0.15, 0.2) is 6.61 Å². The van der Waals surface area contributed by atoms with Crippen LogP contribution >= 0.6 is 0 Å². The molecule has 0 atom stereocenters. The molecule has 5 heteroatoms. The van der Waals surface area contributed by atoms with Crippen LogP contribution in [-0.4, -0.2) is 18.5 Å². The number of esters is 1. The Kier molecular flexibility index (Phi) is 6.63. The molecule has 0 aromatic heterocycles. The molecule has 0 aliphatic heterocycles. The van der Waals surface area contributed by atoms with Gasteiger partial charge in [0.2, 0.25) is 0 Å². The first-order valence-corrected chi connectivity index (χ1v) is 9.41. The number of ether oxygens (including phenoxy) is 2. The zero-order valence-electron chi connectivity index (χ0n) is 16.4. The molecule has 0 spiro atoms. The largest absolute Gasteiger partial charge is 0.482 e. The second-order valence-corrected chi connectivity index (χ2v) is 6.83. The molecule has 1 amide bonds. The standard InChI is InChI=1S/C24H23NO4/c1-17(2)19-7-6-10-22(15-19)28-16-23(26)29-21-13-11-18(12-14-21)24(27)25-20-8-4-3-5-9-20/h3-15,17H,16H2,1-2H3,(H,25,27). The summed E-state index contributed by atoms with van der Waals surface area (Å²) in [5, 5.41) is 2.80. The van der Waals surface area contributed by atoms with Crippen LogP contribution in [-0.2, 0) is 4.79 Å². The minimum Gasteiger partial charge on any atom is -0.482 e. The quantitative estimate of drug-likeness (QED) is 0.454. The van der Waals surface area contributed by atoms with Gasteiger partial charge < -0.3 is 14.8 Å². The van der Waals surface area contributed by atoms with Crippen LogP contribution in [0.25, 0.3) is 0 Å². The van der Waals surface area contributed by atoms with Gasteiger partial charge in [0, 0.05) is 11.3 Å². The van der Waals surface area contributed by atoms with Crippen LogP contribution in [0.1, 0.15) is 35.7 Å². The van der Waals surface area contributed by atoms with Crippen LogP contribution in [0.4, 0.5) is 5.69 Å². The third-order valence-electron chi connectivity index (χ3n) is 4.26. The van der Waals surface area contributed by atoms with E-state index < -0.39 is 5.97 Å². The van der Waals surface area contributed by atoms with Gasteiger partial charge in [-0.1, -0.05) is 44.2 Å². The van der Waals surface area contributed by atoms with Gasteiger partial charge in [-0.3, -0.25) is 4.79 Å². The molecule has 3 aromatic carbocycles. The van der Waals surface area contributed by atoms with E-state index in [1.807, 2.05) is 48.5 Å². The maximum atomic E-state index is 12.2. The lowest BCUT2D eigenvalue weighted by Gasteiger charge is -2.10. The molecule has 29 heavy (non-hydrogen) atoms. The molecule has 0 saturated carbocycles. The molecule has 0 aliphatic carbocycles. The number of hydrogen-bond acceptors (Lipinski definition) is 4. The Balaban J connectivity index is 1.52. The molecule has 0 heterocycles. The van der Waals surface area contributed by atoms with Crippen LogP contribution < -0.4 is 14.8 Å². The van der Waals surface area contributed by atoms with E-state index in [4.69, 9.17) is 9.47 Å². The van der Waals surface area contributed by atoms with E-state index in [0.717, 1.165) is 5.56 Å². The average Bonchev–Trinajstić information content (AvgIpc) is 2.73. The van der Waals surface area contributed by atoms with Crippen molar-refractivity contribution in [2.75, 3.05) is 11.9 Å². The molecule has 0 fully saturated rings.